The Balaban J connectivity index is 2.45. The number of aryl methyl sites for hydroxylation is 1. The van der Waals surface area contributed by atoms with Gasteiger partial charge in [-0.3, -0.25) is 4.79 Å². The molecule has 18 heavy (non-hydrogen) atoms. The molecule has 1 nitrogen and oxygen atoms in total. The third-order valence-electron chi connectivity index (χ3n) is 3.19. The molecule has 0 N–H and O–H groups in total. The highest BCUT2D eigenvalue weighted by atomic mass is 35.5. The van der Waals surface area contributed by atoms with Crippen LogP contribution in [0.15, 0.2) is 24.3 Å². The van der Waals surface area contributed by atoms with Crippen molar-refractivity contribution in [1.29, 1.82) is 0 Å². The minimum Gasteiger partial charge on any atom is -0.294 e. The number of hydrogen-bond acceptors (Lipinski definition) is 1. The molecular weight excluding hydrogens is 244 g/mol. The van der Waals surface area contributed by atoms with Crippen LogP contribution in [0, 0.1) is 0 Å². The molecule has 1 aromatic rings. The average Bonchev–Trinajstić information content (AvgIpc) is 2.39. The molecular formula is C16H23ClO. The van der Waals surface area contributed by atoms with Crippen LogP contribution in [0.25, 0.3) is 0 Å². The first-order valence-corrected chi connectivity index (χ1v) is 7.50. The van der Waals surface area contributed by atoms with Crippen LogP contribution in [0.4, 0.5) is 0 Å². The fraction of sp³-hybridized carbons (Fsp3) is 0.562. The van der Waals surface area contributed by atoms with Crippen molar-refractivity contribution >= 4 is 17.4 Å². The lowest BCUT2D eigenvalue weighted by atomic mass is 9.98. The predicted molar refractivity (Wildman–Crippen MR) is 78.6 cm³/mol. The van der Waals surface area contributed by atoms with E-state index in [0.717, 1.165) is 30.4 Å². The standard InChI is InChI=1S/C16H23ClO/c1-2-3-4-5-6-11-16(18)15-10-8-7-9-14(15)12-13-17/h7-10H,2-6,11-13H2,1H3. The van der Waals surface area contributed by atoms with Crippen molar-refractivity contribution in [2.45, 2.75) is 51.9 Å². The molecule has 0 saturated carbocycles. The summed E-state index contributed by atoms with van der Waals surface area (Å²) in [6.07, 6.45) is 7.38. The molecule has 0 atom stereocenters. The highest BCUT2D eigenvalue weighted by molar-refractivity contribution is 6.18. The summed E-state index contributed by atoms with van der Waals surface area (Å²) in [4.78, 5) is 12.1. The van der Waals surface area contributed by atoms with Crippen molar-refractivity contribution in [2.75, 3.05) is 5.88 Å². The molecule has 0 heterocycles. The van der Waals surface area contributed by atoms with Gasteiger partial charge in [-0.05, 0) is 18.4 Å². The SMILES string of the molecule is CCCCCCCC(=O)c1ccccc1CCCl. The molecule has 0 aliphatic rings. The number of hydrogen-bond donors (Lipinski definition) is 0. The fourth-order valence-corrected chi connectivity index (χ4v) is 2.34. The van der Waals surface area contributed by atoms with E-state index in [2.05, 4.69) is 6.92 Å². The molecule has 0 fully saturated rings. The maximum Gasteiger partial charge on any atom is 0.163 e. The van der Waals surface area contributed by atoms with Gasteiger partial charge in [-0.2, -0.15) is 0 Å². The zero-order valence-corrected chi connectivity index (χ0v) is 12.0. The average molecular weight is 267 g/mol. The van der Waals surface area contributed by atoms with Crippen LogP contribution in [-0.2, 0) is 6.42 Å². The third-order valence-corrected chi connectivity index (χ3v) is 3.38. The number of benzene rings is 1. The van der Waals surface area contributed by atoms with Crippen LogP contribution in [-0.4, -0.2) is 11.7 Å². The molecule has 0 aliphatic carbocycles. The van der Waals surface area contributed by atoms with Crippen molar-refractivity contribution in [3.63, 3.8) is 0 Å². The van der Waals surface area contributed by atoms with E-state index in [1.54, 1.807) is 0 Å². The van der Waals surface area contributed by atoms with Crippen molar-refractivity contribution in [2.24, 2.45) is 0 Å². The second-order valence-electron chi connectivity index (χ2n) is 4.68. The zero-order valence-electron chi connectivity index (χ0n) is 11.3. The van der Waals surface area contributed by atoms with Gasteiger partial charge in [0.05, 0.1) is 0 Å². The highest BCUT2D eigenvalue weighted by Crippen LogP contribution is 2.15. The second kappa shape index (κ2) is 9.16. The molecule has 1 rings (SSSR count). The summed E-state index contributed by atoms with van der Waals surface area (Å²) in [6, 6.07) is 7.84. The van der Waals surface area contributed by atoms with Gasteiger partial charge in [-0.15, -0.1) is 11.6 Å². The molecule has 2 heteroatoms. The molecule has 0 amide bonds. The van der Waals surface area contributed by atoms with E-state index in [9.17, 15) is 4.79 Å². The largest absolute Gasteiger partial charge is 0.294 e. The Labute approximate surface area is 116 Å². The first kappa shape index (κ1) is 15.2. The van der Waals surface area contributed by atoms with Crippen LogP contribution in [0.1, 0.15) is 61.4 Å². The number of alkyl halides is 1. The summed E-state index contributed by atoms with van der Waals surface area (Å²) < 4.78 is 0. The zero-order chi connectivity index (χ0) is 13.2. The second-order valence-corrected chi connectivity index (χ2v) is 5.06. The van der Waals surface area contributed by atoms with E-state index in [-0.39, 0.29) is 5.78 Å². The van der Waals surface area contributed by atoms with Crippen molar-refractivity contribution in [3.05, 3.63) is 35.4 Å². The summed E-state index contributed by atoms with van der Waals surface area (Å²) in [5, 5.41) is 0. The summed E-state index contributed by atoms with van der Waals surface area (Å²) in [6.45, 7) is 2.20. The maximum atomic E-state index is 12.1. The van der Waals surface area contributed by atoms with Crippen molar-refractivity contribution < 1.29 is 4.79 Å². The van der Waals surface area contributed by atoms with Crippen molar-refractivity contribution in [3.8, 4) is 0 Å². The number of halogens is 1. The smallest absolute Gasteiger partial charge is 0.163 e. The first-order valence-electron chi connectivity index (χ1n) is 6.96. The highest BCUT2D eigenvalue weighted by Gasteiger charge is 2.09. The van der Waals surface area contributed by atoms with Crippen LogP contribution in [0.2, 0.25) is 0 Å². The number of unbranched alkanes of at least 4 members (excludes halogenated alkanes) is 4. The Morgan fingerprint density at radius 2 is 1.83 bits per heavy atom. The Morgan fingerprint density at radius 1 is 1.11 bits per heavy atom. The van der Waals surface area contributed by atoms with Gasteiger partial charge in [0.25, 0.3) is 0 Å². The molecule has 0 aliphatic heterocycles. The van der Waals surface area contributed by atoms with E-state index in [0.29, 0.717) is 12.3 Å². The number of carbonyl (C=O) groups excluding carboxylic acids is 1. The number of carbonyl (C=O) groups is 1. The first-order chi connectivity index (χ1) is 8.79. The summed E-state index contributed by atoms with van der Waals surface area (Å²) in [7, 11) is 0. The summed E-state index contributed by atoms with van der Waals surface area (Å²) in [5.41, 5.74) is 1.96. The van der Waals surface area contributed by atoms with Gasteiger partial charge in [0.1, 0.15) is 0 Å². The lowest BCUT2D eigenvalue weighted by Crippen LogP contribution is -2.04. The Kier molecular flexibility index (Phi) is 7.75. The molecule has 0 unspecified atom stereocenters. The Morgan fingerprint density at radius 3 is 2.56 bits per heavy atom. The van der Waals surface area contributed by atoms with Crippen LogP contribution in [0.3, 0.4) is 0 Å². The van der Waals surface area contributed by atoms with Gasteiger partial charge in [0.15, 0.2) is 5.78 Å². The van der Waals surface area contributed by atoms with Gasteiger partial charge in [-0.1, -0.05) is 56.9 Å². The Bertz CT molecular complexity index is 360. The van der Waals surface area contributed by atoms with E-state index in [1.807, 2.05) is 24.3 Å². The quantitative estimate of drug-likeness (QED) is 0.349. The summed E-state index contributed by atoms with van der Waals surface area (Å²) in [5.74, 6) is 0.841. The van der Waals surface area contributed by atoms with E-state index >= 15 is 0 Å². The molecule has 1 aromatic carbocycles. The van der Waals surface area contributed by atoms with E-state index in [1.165, 1.54) is 19.3 Å². The van der Waals surface area contributed by atoms with Crippen LogP contribution < -0.4 is 0 Å². The van der Waals surface area contributed by atoms with Gasteiger partial charge >= 0.3 is 0 Å². The molecule has 0 spiro atoms. The minimum absolute atomic E-state index is 0.271. The van der Waals surface area contributed by atoms with Crippen molar-refractivity contribution in [1.82, 2.24) is 0 Å². The van der Waals surface area contributed by atoms with Gasteiger partial charge in [-0.25, -0.2) is 0 Å². The molecule has 0 radical (unpaired) electrons. The maximum absolute atomic E-state index is 12.1. The van der Waals surface area contributed by atoms with Gasteiger partial charge in [0.2, 0.25) is 0 Å². The molecule has 0 aromatic heterocycles. The number of Topliss-reactive ketones (excluding diaryl/α,β-unsaturated/α-hetero) is 1. The number of rotatable bonds is 9. The van der Waals surface area contributed by atoms with Gasteiger partial charge < -0.3 is 0 Å². The van der Waals surface area contributed by atoms with Gasteiger partial charge in [0, 0.05) is 17.9 Å². The van der Waals surface area contributed by atoms with Crippen LogP contribution >= 0.6 is 11.6 Å². The predicted octanol–water partition coefficient (Wildman–Crippen LogP) is 5.01. The van der Waals surface area contributed by atoms with E-state index < -0.39 is 0 Å². The number of ketones is 1. The fourth-order valence-electron chi connectivity index (χ4n) is 2.14. The Hall–Kier alpha value is -0.820. The molecule has 0 saturated heterocycles. The lowest BCUT2D eigenvalue weighted by molar-refractivity contribution is 0.0978. The molecule has 100 valence electrons. The molecule has 0 bridgehead atoms. The lowest BCUT2D eigenvalue weighted by Gasteiger charge is -2.07. The normalized spacial score (nSPS) is 10.6. The minimum atomic E-state index is 0.271. The van der Waals surface area contributed by atoms with Crippen LogP contribution in [0.5, 0.6) is 0 Å². The third kappa shape index (κ3) is 5.22. The van der Waals surface area contributed by atoms with E-state index in [4.69, 9.17) is 11.6 Å². The monoisotopic (exact) mass is 266 g/mol. The topological polar surface area (TPSA) is 17.1 Å². The summed E-state index contributed by atoms with van der Waals surface area (Å²) >= 11 is 5.76.